The van der Waals surface area contributed by atoms with Gasteiger partial charge in [0.15, 0.2) is 0 Å². The second kappa shape index (κ2) is 3.63. The first-order valence-electron chi connectivity index (χ1n) is 4.47. The third-order valence-corrected chi connectivity index (χ3v) is 2.03. The van der Waals surface area contributed by atoms with Crippen molar-refractivity contribution in [2.75, 3.05) is 11.9 Å². The fourth-order valence-corrected chi connectivity index (χ4v) is 1.23. The minimum Gasteiger partial charge on any atom is -0.381 e. The molecule has 0 bridgehead atoms. The van der Waals surface area contributed by atoms with E-state index in [0.717, 1.165) is 11.1 Å². The predicted molar refractivity (Wildman–Crippen MR) is 53.9 cm³/mol. The Balaban J connectivity index is 2.36. The first-order chi connectivity index (χ1) is 6.81. The van der Waals surface area contributed by atoms with Gasteiger partial charge in [0.1, 0.15) is 0 Å². The summed E-state index contributed by atoms with van der Waals surface area (Å²) in [7, 11) is 0. The molecule has 0 radical (unpaired) electrons. The van der Waals surface area contributed by atoms with Crippen molar-refractivity contribution in [3.05, 3.63) is 18.5 Å². The standard InChI is InChI=1S/C9H12N4O/c1-6(4-10)13-8-2-3-11-9-7(8)5-12-14-9/h2-3,5-6H,4,10H2,1H3,(H,11,13). The molecule has 74 valence electrons. The van der Waals surface area contributed by atoms with Crippen LogP contribution in [-0.2, 0) is 0 Å². The number of aromatic nitrogens is 2. The molecular formula is C9H12N4O. The number of nitrogens with zero attached hydrogens (tertiary/aromatic N) is 2. The molecule has 1 unspecified atom stereocenters. The maximum Gasteiger partial charge on any atom is 0.259 e. The van der Waals surface area contributed by atoms with Gasteiger partial charge in [0.25, 0.3) is 5.71 Å². The lowest BCUT2D eigenvalue weighted by atomic mass is 10.2. The number of pyridine rings is 1. The molecule has 0 aliphatic carbocycles. The zero-order chi connectivity index (χ0) is 9.97. The molecule has 0 saturated heterocycles. The Morgan fingerprint density at radius 3 is 3.29 bits per heavy atom. The summed E-state index contributed by atoms with van der Waals surface area (Å²) in [5.74, 6) is 0. The molecule has 2 heterocycles. The summed E-state index contributed by atoms with van der Waals surface area (Å²) in [6.45, 7) is 2.59. The van der Waals surface area contributed by atoms with Gasteiger partial charge in [-0.3, -0.25) is 0 Å². The highest BCUT2D eigenvalue weighted by molar-refractivity contribution is 5.86. The van der Waals surface area contributed by atoms with Gasteiger partial charge in [-0.2, -0.15) is 0 Å². The summed E-state index contributed by atoms with van der Waals surface area (Å²) in [4.78, 5) is 4.03. The fraction of sp³-hybridized carbons (Fsp3) is 0.333. The Labute approximate surface area is 81.3 Å². The van der Waals surface area contributed by atoms with Crippen LogP contribution in [0.15, 0.2) is 23.0 Å². The van der Waals surface area contributed by atoms with E-state index in [2.05, 4.69) is 15.5 Å². The van der Waals surface area contributed by atoms with E-state index in [1.165, 1.54) is 0 Å². The Morgan fingerprint density at radius 1 is 1.64 bits per heavy atom. The largest absolute Gasteiger partial charge is 0.381 e. The minimum absolute atomic E-state index is 0.218. The monoisotopic (exact) mass is 192 g/mol. The maximum atomic E-state index is 5.52. The Morgan fingerprint density at radius 2 is 2.50 bits per heavy atom. The molecule has 2 rings (SSSR count). The Bertz CT molecular complexity index is 425. The lowest BCUT2D eigenvalue weighted by molar-refractivity contribution is 0.448. The topological polar surface area (TPSA) is 77.0 Å². The van der Waals surface area contributed by atoms with E-state index in [0.29, 0.717) is 12.3 Å². The van der Waals surface area contributed by atoms with Crippen LogP contribution in [0.4, 0.5) is 5.69 Å². The van der Waals surface area contributed by atoms with Crippen molar-refractivity contribution in [1.82, 2.24) is 10.1 Å². The third-order valence-electron chi connectivity index (χ3n) is 2.03. The van der Waals surface area contributed by atoms with Crippen molar-refractivity contribution in [2.45, 2.75) is 13.0 Å². The molecule has 14 heavy (non-hydrogen) atoms. The van der Waals surface area contributed by atoms with E-state index in [1.54, 1.807) is 12.4 Å². The summed E-state index contributed by atoms with van der Waals surface area (Å²) in [6.07, 6.45) is 3.33. The smallest absolute Gasteiger partial charge is 0.259 e. The quantitative estimate of drug-likeness (QED) is 0.758. The summed E-state index contributed by atoms with van der Waals surface area (Å²) in [5.41, 5.74) is 7.02. The van der Waals surface area contributed by atoms with Gasteiger partial charge >= 0.3 is 0 Å². The Hall–Kier alpha value is -1.62. The van der Waals surface area contributed by atoms with Crippen molar-refractivity contribution in [3.8, 4) is 0 Å². The molecular weight excluding hydrogens is 180 g/mol. The van der Waals surface area contributed by atoms with Gasteiger partial charge in [-0.25, -0.2) is 4.98 Å². The lowest BCUT2D eigenvalue weighted by Crippen LogP contribution is -2.25. The van der Waals surface area contributed by atoms with E-state index >= 15 is 0 Å². The molecule has 0 aliphatic heterocycles. The van der Waals surface area contributed by atoms with Crippen molar-refractivity contribution in [2.24, 2.45) is 5.73 Å². The normalized spacial score (nSPS) is 13.0. The SMILES string of the molecule is CC(CN)Nc1ccnc2oncc12. The van der Waals surface area contributed by atoms with Crippen LogP contribution >= 0.6 is 0 Å². The maximum absolute atomic E-state index is 5.52. The van der Waals surface area contributed by atoms with Crippen molar-refractivity contribution >= 4 is 16.8 Å². The summed E-state index contributed by atoms with van der Waals surface area (Å²) >= 11 is 0. The molecule has 2 aromatic heterocycles. The highest BCUT2D eigenvalue weighted by Crippen LogP contribution is 2.20. The van der Waals surface area contributed by atoms with Crippen LogP contribution in [0.25, 0.3) is 11.1 Å². The molecule has 2 aromatic rings. The Kier molecular flexibility index (Phi) is 2.32. The van der Waals surface area contributed by atoms with Crippen LogP contribution in [0.5, 0.6) is 0 Å². The molecule has 5 nitrogen and oxygen atoms in total. The average molecular weight is 192 g/mol. The van der Waals surface area contributed by atoms with Crippen LogP contribution in [0.3, 0.4) is 0 Å². The van der Waals surface area contributed by atoms with Crippen molar-refractivity contribution in [1.29, 1.82) is 0 Å². The number of hydrogen-bond acceptors (Lipinski definition) is 5. The fourth-order valence-electron chi connectivity index (χ4n) is 1.23. The number of rotatable bonds is 3. The molecule has 0 aromatic carbocycles. The molecule has 0 spiro atoms. The van der Waals surface area contributed by atoms with Crippen molar-refractivity contribution in [3.63, 3.8) is 0 Å². The van der Waals surface area contributed by atoms with E-state index in [9.17, 15) is 0 Å². The number of nitrogens with one attached hydrogen (secondary N) is 1. The van der Waals surface area contributed by atoms with E-state index in [-0.39, 0.29) is 6.04 Å². The highest BCUT2D eigenvalue weighted by atomic mass is 16.5. The van der Waals surface area contributed by atoms with Crippen LogP contribution < -0.4 is 11.1 Å². The van der Waals surface area contributed by atoms with Gasteiger partial charge < -0.3 is 15.6 Å². The molecule has 5 heteroatoms. The number of nitrogens with two attached hydrogens (primary N) is 1. The van der Waals surface area contributed by atoms with Crippen LogP contribution in [0, 0.1) is 0 Å². The van der Waals surface area contributed by atoms with Gasteiger partial charge in [0, 0.05) is 18.8 Å². The van der Waals surface area contributed by atoms with Crippen LogP contribution in [0.2, 0.25) is 0 Å². The van der Waals surface area contributed by atoms with Gasteiger partial charge in [-0.1, -0.05) is 5.16 Å². The van der Waals surface area contributed by atoms with Gasteiger partial charge in [-0.15, -0.1) is 0 Å². The average Bonchev–Trinajstić information content (AvgIpc) is 2.66. The summed E-state index contributed by atoms with van der Waals surface area (Å²) < 4.78 is 4.94. The molecule has 0 saturated carbocycles. The molecule has 0 aliphatic rings. The van der Waals surface area contributed by atoms with Crippen molar-refractivity contribution < 1.29 is 4.52 Å². The molecule has 0 fully saturated rings. The first kappa shape index (κ1) is 8.96. The zero-order valence-corrected chi connectivity index (χ0v) is 7.90. The van der Waals surface area contributed by atoms with Gasteiger partial charge in [0.05, 0.1) is 17.3 Å². The minimum atomic E-state index is 0.218. The zero-order valence-electron chi connectivity index (χ0n) is 7.90. The number of anilines is 1. The van der Waals surface area contributed by atoms with E-state index < -0.39 is 0 Å². The van der Waals surface area contributed by atoms with E-state index in [1.807, 2.05) is 13.0 Å². The number of fused-ring (bicyclic) bond motifs is 1. The van der Waals surface area contributed by atoms with E-state index in [4.69, 9.17) is 10.3 Å². The molecule has 3 N–H and O–H groups in total. The predicted octanol–water partition coefficient (Wildman–Crippen LogP) is 0.982. The lowest BCUT2D eigenvalue weighted by Gasteiger charge is -2.12. The second-order valence-corrected chi connectivity index (χ2v) is 3.18. The van der Waals surface area contributed by atoms with Gasteiger partial charge in [-0.05, 0) is 13.0 Å². The number of hydrogen-bond donors (Lipinski definition) is 2. The molecule has 0 amide bonds. The highest BCUT2D eigenvalue weighted by Gasteiger charge is 2.06. The summed E-state index contributed by atoms with van der Waals surface area (Å²) in [6, 6.07) is 2.10. The molecule has 1 atom stereocenters. The first-order valence-corrected chi connectivity index (χ1v) is 4.47. The van der Waals surface area contributed by atoms with Gasteiger partial charge in [0.2, 0.25) is 0 Å². The van der Waals surface area contributed by atoms with Crippen LogP contribution in [0.1, 0.15) is 6.92 Å². The summed E-state index contributed by atoms with van der Waals surface area (Å²) in [5, 5.41) is 7.82. The van der Waals surface area contributed by atoms with Crippen LogP contribution in [-0.4, -0.2) is 22.7 Å². The second-order valence-electron chi connectivity index (χ2n) is 3.18. The third kappa shape index (κ3) is 1.54.